The minimum atomic E-state index is -0.0243. The van der Waals surface area contributed by atoms with E-state index in [1.807, 2.05) is 11.8 Å². The topological polar surface area (TPSA) is 58.4 Å². The predicted octanol–water partition coefficient (Wildman–Crippen LogP) is -0.454. The van der Waals surface area contributed by atoms with E-state index in [0.29, 0.717) is 6.42 Å². The summed E-state index contributed by atoms with van der Waals surface area (Å²) < 4.78 is 0. The van der Waals surface area contributed by atoms with Gasteiger partial charge in [-0.1, -0.05) is 0 Å². The van der Waals surface area contributed by atoms with Gasteiger partial charge in [-0.2, -0.15) is 0 Å². The van der Waals surface area contributed by atoms with Crippen LogP contribution in [0.3, 0.4) is 0 Å². The van der Waals surface area contributed by atoms with E-state index in [1.54, 1.807) is 0 Å². The fourth-order valence-corrected chi connectivity index (χ4v) is 1.50. The van der Waals surface area contributed by atoms with Crippen molar-refractivity contribution in [3.05, 3.63) is 0 Å². The average molecular weight is 185 g/mol. The quantitative estimate of drug-likeness (QED) is 0.612. The molecule has 0 aliphatic carbocycles. The minimum absolute atomic E-state index is 0.0243. The van der Waals surface area contributed by atoms with E-state index in [9.17, 15) is 4.79 Å². The number of nitrogens with one attached hydrogen (secondary N) is 1. The molecule has 76 valence electrons. The lowest BCUT2D eigenvalue weighted by Crippen LogP contribution is -2.37. The Hall–Kier alpha value is -0.610. The zero-order chi connectivity index (χ0) is 9.68. The molecule has 0 aromatic rings. The number of nitrogens with zero attached hydrogens (tertiary/aromatic N) is 1. The molecule has 0 aromatic carbocycles. The van der Waals surface area contributed by atoms with E-state index < -0.39 is 0 Å². The van der Waals surface area contributed by atoms with Crippen LogP contribution in [-0.2, 0) is 4.79 Å². The van der Waals surface area contributed by atoms with Gasteiger partial charge in [0.25, 0.3) is 0 Å². The van der Waals surface area contributed by atoms with Gasteiger partial charge in [-0.15, -0.1) is 0 Å². The van der Waals surface area contributed by atoms with Gasteiger partial charge in [0.1, 0.15) is 0 Å². The first-order valence-electron chi connectivity index (χ1n) is 4.94. The molecule has 1 aliphatic heterocycles. The maximum atomic E-state index is 11.6. The van der Waals surface area contributed by atoms with E-state index in [0.717, 1.165) is 32.6 Å². The van der Waals surface area contributed by atoms with Gasteiger partial charge in [0.05, 0.1) is 0 Å². The number of hydrogen-bond acceptors (Lipinski definition) is 3. The number of nitrogens with two attached hydrogens (primary N) is 1. The van der Waals surface area contributed by atoms with Crippen molar-refractivity contribution in [3.8, 4) is 0 Å². The van der Waals surface area contributed by atoms with Crippen molar-refractivity contribution in [2.75, 3.05) is 26.2 Å². The third kappa shape index (κ3) is 3.74. The van der Waals surface area contributed by atoms with E-state index in [1.165, 1.54) is 0 Å². The molecule has 0 aromatic heterocycles. The molecule has 1 atom stereocenters. The number of rotatable bonds is 2. The van der Waals surface area contributed by atoms with Gasteiger partial charge < -0.3 is 16.0 Å². The van der Waals surface area contributed by atoms with Crippen LogP contribution in [0.25, 0.3) is 0 Å². The molecule has 0 spiro atoms. The third-order valence-electron chi connectivity index (χ3n) is 2.19. The first kappa shape index (κ1) is 10.5. The molecule has 1 amide bonds. The maximum absolute atomic E-state index is 11.6. The summed E-state index contributed by atoms with van der Waals surface area (Å²) in [7, 11) is 0. The first-order chi connectivity index (χ1) is 6.20. The van der Waals surface area contributed by atoms with Crippen LogP contribution in [0.1, 0.15) is 19.8 Å². The predicted molar refractivity (Wildman–Crippen MR) is 52.3 cm³/mol. The van der Waals surface area contributed by atoms with Crippen molar-refractivity contribution < 1.29 is 4.79 Å². The van der Waals surface area contributed by atoms with Crippen molar-refractivity contribution in [3.63, 3.8) is 0 Å². The molecule has 0 radical (unpaired) electrons. The second kappa shape index (κ2) is 5.19. The molecule has 1 unspecified atom stereocenters. The van der Waals surface area contributed by atoms with Gasteiger partial charge in [0, 0.05) is 32.1 Å². The fourth-order valence-electron chi connectivity index (χ4n) is 1.50. The molecular weight excluding hydrogens is 166 g/mol. The molecule has 1 fully saturated rings. The molecule has 4 heteroatoms. The largest absolute Gasteiger partial charge is 0.341 e. The molecule has 0 bridgehead atoms. The standard InChI is InChI=1S/C9H19N3O/c1-8(10)7-9(13)12-5-2-3-11-4-6-12/h8,11H,2-7,10H2,1H3. The van der Waals surface area contributed by atoms with Crippen LogP contribution >= 0.6 is 0 Å². The summed E-state index contributed by atoms with van der Waals surface area (Å²) in [6, 6.07) is -0.0243. The van der Waals surface area contributed by atoms with Gasteiger partial charge in [-0.25, -0.2) is 0 Å². The highest BCUT2D eigenvalue weighted by molar-refractivity contribution is 5.76. The van der Waals surface area contributed by atoms with Crippen molar-refractivity contribution in [2.24, 2.45) is 5.73 Å². The highest BCUT2D eigenvalue weighted by Crippen LogP contribution is 2.00. The monoisotopic (exact) mass is 185 g/mol. The summed E-state index contributed by atoms with van der Waals surface area (Å²) in [5.74, 6) is 0.193. The number of carbonyl (C=O) groups is 1. The normalized spacial score (nSPS) is 20.9. The van der Waals surface area contributed by atoms with Gasteiger partial charge in [-0.3, -0.25) is 4.79 Å². The molecule has 1 heterocycles. The Balaban J connectivity index is 2.35. The van der Waals surface area contributed by atoms with Crippen molar-refractivity contribution in [1.82, 2.24) is 10.2 Å². The van der Waals surface area contributed by atoms with Gasteiger partial charge in [-0.05, 0) is 19.9 Å². The van der Waals surface area contributed by atoms with Gasteiger partial charge >= 0.3 is 0 Å². The third-order valence-corrected chi connectivity index (χ3v) is 2.19. The molecule has 1 rings (SSSR count). The molecule has 1 saturated heterocycles. The second-order valence-electron chi connectivity index (χ2n) is 3.67. The lowest BCUT2D eigenvalue weighted by atomic mass is 10.2. The Labute approximate surface area is 79.5 Å². The van der Waals surface area contributed by atoms with Crippen molar-refractivity contribution in [1.29, 1.82) is 0 Å². The summed E-state index contributed by atoms with van der Waals surface area (Å²) >= 11 is 0. The summed E-state index contributed by atoms with van der Waals surface area (Å²) in [6.07, 6.45) is 1.52. The van der Waals surface area contributed by atoms with Crippen molar-refractivity contribution >= 4 is 5.91 Å². The van der Waals surface area contributed by atoms with Crippen LogP contribution in [0.5, 0.6) is 0 Å². The van der Waals surface area contributed by atoms with Gasteiger partial charge in [0.15, 0.2) is 0 Å². The van der Waals surface area contributed by atoms with E-state index in [-0.39, 0.29) is 11.9 Å². The SMILES string of the molecule is CC(N)CC(=O)N1CCCNCC1. The number of carbonyl (C=O) groups excluding carboxylic acids is 1. The smallest absolute Gasteiger partial charge is 0.224 e. The van der Waals surface area contributed by atoms with Crippen molar-refractivity contribution in [2.45, 2.75) is 25.8 Å². The van der Waals surface area contributed by atoms with E-state index >= 15 is 0 Å². The van der Waals surface area contributed by atoms with Crippen LogP contribution in [0, 0.1) is 0 Å². The van der Waals surface area contributed by atoms with E-state index in [4.69, 9.17) is 5.73 Å². The zero-order valence-electron chi connectivity index (χ0n) is 8.25. The number of amides is 1. The summed E-state index contributed by atoms with van der Waals surface area (Å²) in [5, 5.41) is 3.26. The molecule has 4 nitrogen and oxygen atoms in total. The molecule has 1 aliphatic rings. The maximum Gasteiger partial charge on any atom is 0.224 e. The van der Waals surface area contributed by atoms with E-state index in [2.05, 4.69) is 5.32 Å². The van der Waals surface area contributed by atoms with Crippen LogP contribution in [0.15, 0.2) is 0 Å². The lowest BCUT2D eigenvalue weighted by molar-refractivity contribution is -0.131. The number of hydrogen-bond donors (Lipinski definition) is 2. The second-order valence-corrected chi connectivity index (χ2v) is 3.67. The average Bonchev–Trinajstić information content (AvgIpc) is 2.29. The summed E-state index contributed by atoms with van der Waals surface area (Å²) in [6.45, 7) is 5.49. The lowest BCUT2D eigenvalue weighted by Gasteiger charge is -2.20. The highest BCUT2D eigenvalue weighted by Gasteiger charge is 2.15. The Morgan fingerprint density at radius 3 is 3.00 bits per heavy atom. The van der Waals surface area contributed by atoms with Crippen LogP contribution < -0.4 is 11.1 Å². The Morgan fingerprint density at radius 2 is 2.31 bits per heavy atom. The Bertz CT molecular complexity index is 162. The summed E-state index contributed by atoms with van der Waals surface area (Å²) in [5.41, 5.74) is 5.58. The fraction of sp³-hybridized carbons (Fsp3) is 0.889. The van der Waals surface area contributed by atoms with Crippen LogP contribution in [-0.4, -0.2) is 43.0 Å². The first-order valence-corrected chi connectivity index (χ1v) is 4.94. The molecule has 0 saturated carbocycles. The molecular formula is C9H19N3O. The molecule has 13 heavy (non-hydrogen) atoms. The molecule has 3 N–H and O–H groups in total. The minimum Gasteiger partial charge on any atom is -0.341 e. The Morgan fingerprint density at radius 1 is 1.54 bits per heavy atom. The highest BCUT2D eigenvalue weighted by atomic mass is 16.2. The summed E-state index contributed by atoms with van der Waals surface area (Å²) in [4.78, 5) is 13.5. The van der Waals surface area contributed by atoms with Gasteiger partial charge in [0.2, 0.25) is 5.91 Å². The Kier molecular flexibility index (Phi) is 4.18. The zero-order valence-corrected chi connectivity index (χ0v) is 8.25. The van der Waals surface area contributed by atoms with Crippen LogP contribution in [0.2, 0.25) is 0 Å². The van der Waals surface area contributed by atoms with Crippen LogP contribution in [0.4, 0.5) is 0 Å².